The summed E-state index contributed by atoms with van der Waals surface area (Å²) in [4.78, 5) is 15.3. The van der Waals surface area contributed by atoms with Gasteiger partial charge in [0.25, 0.3) is 0 Å². The van der Waals surface area contributed by atoms with E-state index in [0.29, 0.717) is 5.69 Å². The number of likely N-dealkylation sites (tertiary alicyclic amines) is 1. The summed E-state index contributed by atoms with van der Waals surface area (Å²) in [6, 6.07) is 27.1. The molecule has 4 aromatic rings. The minimum absolute atomic E-state index is 0.0917. The zero-order chi connectivity index (χ0) is 22.6. The minimum atomic E-state index is -0.0917. The molecule has 0 bridgehead atoms. The molecule has 1 amide bonds. The SMILES string of the molecule is Cc1ccccc1-c1ccc(-c2cn(C(=O)N3CCCCC3Cc3ccccc3)nn2)cc1. The summed E-state index contributed by atoms with van der Waals surface area (Å²) in [6.45, 7) is 2.88. The number of hydrogen-bond acceptors (Lipinski definition) is 3. The number of aryl methyl sites for hydroxylation is 1. The zero-order valence-electron chi connectivity index (χ0n) is 18.9. The van der Waals surface area contributed by atoms with Crippen molar-refractivity contribution in [2.75, 3.05) is 6.54 Å². The van der Waals surface area contributed by atoms with Crippen molar-refractivity contribution in [2.24, 2.45) is 0 Å². The highest BCUT2D eigenvalue weighted by molar-refractivity contribution is 5.78. The van der Waals surface area contributed by atoms with E-state index in [0.717, 1.165) is 43.4 Å². The van der Waals surface area contributed by atoms with E-state index < -0.39 is 0 Å². The molecule has 1 atom stereocenters. The van der Waals surface area contributed by atoms with Gasteiger partial charge in [0, 0.05) is 18.2 Å². The Kier molecular flexibility index (Phi) is 6.03. The Balaban J connectivity index is 1.33. The molecule has 1 aromatic heterocycles. The third-order valence-electron chi connectivity index (χ3n) is 6.51. The fourth-order valence-electron chi connectivity index (χ4n) is 4.69. The summed E-state index contributed by atoms with van der Waals surface area (Å²) in [5.41, 5.74) is 6.54. The molecule has 5 heteroatoms. The number of carbonyl (C=O) groups excluding carboxylic acids is 1. The Morgan fingerprint density at radius 3 is 2.42 bits per heavy atom. The molecule has 5 nitrogen and oxygen atoms in total. The molecule has 1 aliphatic rings. The first-order chi connectivity index (χ1) is 16.2. The quantitative estimate of drug-likeness (QED) is 0.395. The second-order valence-electron chi connectivity index (χ2n) is 8.76. The van der Waals surface area contributed by atoms with Crippen LogP contribution in [-0.4, -0.2) is 38.5 Å². The first-order valence-corrected chi connectivity index (χ1v) is 11.6. The van der Waals surface area contributed by atoms with Crippen LogP contribution in [0.25, 0.3) is 22.4 Å². The Morgan fingerprint density at radius 1 is 0.909 bits per heavy atom. The van der Waals surface area contributed by atoms with Crippen LogP contribution in [0.3, 0.4) is 0 Å². The molecule has 3 aromatic carbocycles. The van der Waals surface area contributed by atoms with Crippen LogP contribution in [0.1, 0.15) is 30.4 Å². The van der Waals surface area contributed by atoms with Gasteiger partial charge in [-0.2, -0.15) is 4.68 Å². The predicted molar refractivity (Wildman–Crippen MR) is 131 cm³/mol. The molecule has 33 heavy (non-hydrogen) atoms. The molecule has 5 rings (SSSR count). The van der Waals surface area contributed by atoms with Crippen LogP contribution in [0.5, 0.6) is 0 Å². The van der Waals surface area contributed by atoms with E-state index in [9.17, 15) is 4.79 Å². The van der Waals surface area contributed by atoms with Crippen LogP contribution in [0.2, 0.25) is 0 Å². The van der Waals surface area contributed by atoms with E-state index in [2.05, 4.69) is 77.9 Å². The van der Waals surface area contributed by atoms with E-state index in [-0.39, 0.29) is 12.1 Å². The van der Waals surface area contributed by atoms with Gasteiger partial charge in [0.1, 0.15) is 5.69 Å². The van der Waals surface area contributed by atoms with Gasteiger partial charge in [-0.25, -0.2) is 4.79 Å². The fraction of sp³-hybridized carbons (Fsp3) is 0.250. The summed E-state index contributed by atoms with van der Waals surface area (Å²) in [5, 5.41) is 8.48. The fourth-order valence-corrected chi connectivity index (χ4v) is 4.69. The van der Waals surface area contributed by atoms with Crippen molar-refractivity contribution in [2.45, 2.75) is 38.6 Å². The Morgan fingerprint density at radius 2 is 1.64 bits per heavy atom. The third-order valence-corrected chi connectivity index (χ3v) is 6.51. The molecule has 0 N–H and O–H groups in total. The van der Waals surface area contributed by atoms with Gasteiger partial charge < -0.3 is 4.90 Å². The molecule has 2 heterocycles. The number of aromatic nitrogens is 3. The molecule has 166 valence electrons. The van der Waals surface area contributed by atoms with Gasteiger partial charge in [0.05, 0.1) is 6.20 Å². The van der Waals surface area contributed by atoms with Gasteiger partial charge in [0.15, 0.2) is 0 Å². The molecule has 0 saturated carbocycles. The maximum absolute atomic E-state index is 13.3. The highest BCUT2D eigenvalue weighted by atomic mass is 16.2. The molecule has 1 unspecified atom stereocenters. The molecule has 0 spiro atoms. The average molecular weight is 437 g/mol. The minimum Gasteiger partial charge on any atom is -0.320 e. The Labute approximate surface area is 194 Å². The number of hydrogen-bond donors (Lipinski definition) is 0. The van der Waals surface area contributed by atoms with Crippen LogP contribution < -0.4 is 0 Å². The standard InChI is InChI=1S/C28H28N4O/c1-21-9-5-6-13-26(21)23-14-16-24(17-15-23)27-20-32(30-29-27)28(33)31-18-8-7-12-25(31)19-22-10-3-2-4-11-22/h2-6,9-11,13-17,20,25H,7-8,12,18-19H2,1H3. The average Bonchev–Trinajstić information content (AvgIpc) is 3.36. The van der Waals surface area contributed by atoms with Crippen LogP contribution in [-0.2, 0) is 6.42 Å². The lowest BCUT2D eigenvalue weighted by Crippen LogP contribution is -2.46. The largest absolute Gasteiger partial charge is 0.346 e. The molecule has 0 aliphatic carbocycles. The lowest BCUT2D eigenvalue weighted by molar-refractivity contribution is 0.149. The van der Waals surface area contributed by atoms with Gasteiger partial charge in [-0.1, -0.05) is 84.1 Å². The number of nitrogens with zero attached hydrogens (tertiary/aromatic N) is 4. The van der Waals surface area contributed by atoms with Crippen LogP contribution in [0.15, 0.2) is 85.1 Å². The Bertz CT molecular complexity index is 1230. The van der Waals surface area contributed by atoms with E-state index in [1.54, 1.807) is 6.20 Å². The van der Waals surface area contributed by atoms with Crippen LogP contribution >= 0.6 is 0 Å². The second-order valence-corrected chi connectivity index (χ2v) is 8.76. The van der Waals surface area contributed by atoms with Gasteiger partial charge >= 0.3 is 6.03 Å². The van der Waals surface area contributed by atoms with Crippen molar-refractivity contribution in [1.82, 2.24) is 19.9 Å². The lowest BCUT2D eigenvalue weighted by Gasteiger charge is -2.35. The van der Waals surface area contributed by atoms with Crippen LogP contribution in [0, 0.1) is 6.92 Å². The summed E-state index contributed by atoms with van der Waals surface area (Å²) in [7, 11) is 0. The number of benzene rings is 3. The molecular formula is C28H28N4O. The second kappa shape index (κ2) is 9.41. The van der Waals surface area contributed by atoms with E-state index in [4.69, 9.17) is 0 Å². The van der Waals surface area contributed by atoms with Crippen LogP contribution in [0.4, 0.5) is 4.79 Å². The summed E-state index contributed by atoms with van der Waals surface area (Å²) in [5.74, 6) is 0. The summed E-state index contributed by atoms with van der Waals surface area (Å²) >= 11 is 0. The van der Waals surface area contributed by atoms with Gasteiger partial charge in [-0.3, -0.25) is 0 Å². The molecule has 1 fully saturated rings. The van der Waals surface area contributed by atoms with Gasteiger partial charge in [0.2, 0.25) is 0 Å². The number of piperidine rings is 1. The third kappa shape index (κ3) is 4.58. The highest BCUT2D eigenvalue weighted by Crippen LogP contribution is 2.26. The molecular weight excluding hydrogens is 408 g/mol. The van der Waals surface area contributed by atoms with Crippen molar-refractivity contribution in [3.63, 3.8) is 0 Å². The monoisotopic (exact) mass is 436 g/mol. The first kappa shape index (κ1) is 21.1. The normalized spacial score (nSPS) is 16.0. The number of carbonyl (C=O) groups is 1. The van der Waals surface area contributed by atoms with Gasteiger partial charge in [-0.05, 0) is 54.9 Å². The van der Waals surface area contributed by atoms with E-state index in [1.165, 1.54) is 21.4 Å². The summed E-state index contributed by atoms with van der Waals surface area (Å²) in [6.07, 6.45) is 5.81. The van der Waals surface area contributed by atoms with E-state index >= 15 is 0 Å². The lowest BCUT2D eigenvalue weighted by atomic mass is 9.96. The highest BCUT2D eigenvalue weighted by Gasteiger charge is 2.28. The molecule has 0 radical (unpaired) electrons. The smallest absolute Gasteiger partial charge is 0.320 e. The van der Waals surface area contributed by atoms with Crippen molar-refractivity contribution in [3.8, 4) is 22.4 Å². The predicted octanol–water partition coefficient (Wildman–Crippen LogP) is 5.99. The van der Waals surface area contributed by atoms with Crippen molar-refractivity contribution in [3.05, 3.63) is 96.2 Å². The van der Waals surface area contributed by atoms with Crippen molar-refractivity contribution in [1.29, 1.82) is 0 Å². The molecule has 1 aliphatic heterocycles. The maximum atomic E-state index is 13.3. The van der Waals surface area contributed by atoms with Crippen molar-refractivity contribution >= 4 is 6.03 Å². The van der Waals surface area contributed by atoms with E-state index in [1.807, 2.05) is 23.1 Å². The molecule has 1 saturated heterocycles. The zero-order valence-corrected chi connectivity index (χ0v) is 18.9. The topological polar surface area (TPSA) is 51.0 Å². The number of rotatable bonds is 4. The Hall–Kier alpha value is -3.73. The van der Waals surface area contributed by atoms with Crippen molar-refractivity contribution < 1.29 is 4.79 Å². The first-order valence-electron chi connectivity index (χ1n) is 11.6. The van der Waals surface area contributed by atoms with Gasteiger partial charge in [-0.15, -0.1) is 5.10 Å². The number of amides is 1. The summed E-state index contributed by atoms with van der Waals surface area (Å²) < 4.78 is 1.40. The maximum Gasteiger partial charge on any atom is 0.346 e.